The first-order chi connectivity index (χ1) is 15.1. The first-order valence-corrected chi connectivity index (χ1v) is 10.1. The summed E-state index contributed by atoms with van der Waals surface area (Å²) in [5.41, 5.74) is 2.52. The van der Waals surface area contributed by atoms with Crippen molar-refractivity contribution < 1.29 is 33.3 Å². The number of esters is 1. The molecule has 0 unspecified atom stereocenters. The van der Waals surface area contributed by atoms with Gasteiger partial charge in [0.1, 0.15) is 6.54 Å². The third kappa shape index (κ3) is 5.40. The van der Waals surface area contributed by atoms with E-state index in [9.17, 15) is 14.4 Å². The zero-order valence-corrected chi connectivity index (χ0v) is 19.5. The van der Waals surface area contributed by atoms with Gasteiger partial charge in [-0.2, -0.15) is 0 Å². The van der Waals surface area contributed by atoms with Crippen molar-refractivity contribution in [2.24, 2.45) is 0 Å². The van der Waals surface area contributed by atoms with E-state index in [0.29, 0.717) is 22.8 Å². The lowest BCUT2D eigenvalue weighted by atomic mass is 10.1. The molecule has 1 aromatic carbocycles. The van der Waals surface area contributed by atoms with Crippen LogP contribution in [0.3, 0.4) is 0 Å². The number of methoxy groups -OCH3 is 3. The van der Waals surface area contributed by atoms with Crippen molar-refractivity contribution in [3.05, 3.63) is 40.7 Å². The zero-order chi connectivity index (χ0) is 24.0. The molecule has 2 aromatic rings. The lowest BCUT2D eigenvalue weighted by Gasteiger charge is -2.14. The normalized spacial score (nSPS) is 10.6. The Morgan fingerprint density at radius 1 is 0.969 bits per heavy atom. The molecule has 0 saturated carbocycles. The van der Waals surface area contributed by atoms with Gasteiger partial charge in [0.25, 0.3) is 5.91 Å². The van der Waals surface area contributed by atoms with Gasteiger partial charge in [0.05, 0.1) is 21.3 Å². The molecule has 0 bridgehead atoms. The summed E-state index contributed by atoms with van der Waals surface area (Å²) in [6.45, 7) is 7.05. The Hall–Kier alpha value is -3.49. The quantitative estimate of drug-likeness (QED) is 0.442. The van der Waals surface area contributed by atoms with Gasteiger partial charge >= 0.3 is 5.97 Å². The first kappa shape index (κ1) is 24.8. The number of ketones is 1. The molecule has 0 saturated heterocycles. The molecule has 1 heterocycles. The van der Waals surface area contributed by atoms with Crippen molar-refractivity contribution in [3.8, 4) is 17.2 Å². The molecular weight excluding hydrogens is 416 g/mol. The number of rotatable bonds is 10. The Labute approximate surface area is 187 Å². The highest BCUT2D eigenvalue weighted by atomic mass is 16.5. The van der Waals surface area contributed by atoms with Crippen LogP contribution in [0.4, 0.5) is 0 Å². The van der Waals surface area contributed by atoms with Crippen molar-refractivity contribution in [2.45, 2.75) is 33.7 Å². The van der Waals surface area contributed by atoms with E-state index in [1.807, 2.05) is 32.3 Å². The van der Waals surface area contributed by atoms with Crippen LogP contribution in [0.25, 0.3) is 0 Å². The molecule has 0 radical (unpaired) electrons. The van der Waals surface area contributed by atoms with E-state index >= 15 is 0 Å². The second-order valence-electron chi connectivity index (χ2n) is 7.43. The number of carbonyl (C=O) groups excluding carboxylic acids is 3. The van der Waals surface area contributed by atoms with Gasteiger partial charge in [-0.25, -0.2) is 0 Å². The van der Waals surface area contributed by atoms with E-state index in [1.54, 1.807) is 6.07 Å². The summed E-state index contributed by atoms with van der Waals surface area (Å²) >= 11 is 0. The summed E-state index contributed by atoms with van der Waals surface area (Å²) < 4.78 is 22.8. The summed E-state index contributed by atoms with van der Waals surface area (Å²) in [5, 5.41) is 2.46. The molecule has 0 aliphatic heterocycles. The Bertz CT molecular complexity index is 983. The second kappa shape index (κ2) is 10.7. The minimum atomic E-state index is -0.725. The van der Waals surface area contributed by atoms with Crippen LogP contribution in [0.5, 0.6) is 17.2 Å². The van der Waals surface area contributed by atoms with E-state index in [-0.39, 0.29) is 17.4 Å². The van der Waals surface area contributed by atoms with Crippen molar-refractivity contribution in [1.82, 2.24) is 9.88 Å². The van der Waals surface area contributed by atoms with Gasteiger partial charge in [0.2, 0.25) is 11.5 Å². The van der Waals surface area contributed by atoms with Gasteiger partial charge in [-0.05, 0) is 45.9 Å². The maximum atomic E-state index is 12.5. The van der Waals surface area contributed by atoms with Gasteiger partial charge in [-0.3, -0.25) is 14.4 Å². The number of aromatic nitrogens is 1. The molecule has 1 N–H and O–H groups in total. The minimum absolute atomic E-state index is 0.213. The van der Waals surface area contributed by atoms with Gasteiger partial charge in [-0.1, -0.05) is 0 Å². The fourth-order valence-electron chi connectivity index (χ4n) is 3.60. The van der Waals surface area contributed by atoms with Crippen LogP contribution in [0.15, 0.2) is 18.2 Å². The standard InChI is InChI=1S/C23H30N2O7/c1-13(2)25-14(3)8-17(15(25)4)18(26)12-32-21(27)11-24-23(28)16-9-19(29-5)22(31-7)20(10-16)30-6/h8-10,13H,11-12H2,1-7H3,(H,24,28). The van der Waals surface area contributed by atoms with Crippen molar-refractivity contribution in [2.75, 3.05) is 34.5 Å². The maximum absolute atomic E-state index is 12.5. The fraction of sp³-hybridized carbons (Fsp3) is 0.435. The topological polar surface area (TPSA) is 105 Å². The number of aryl methyl sites for hydroxylation is 1. The molecule has 1 aromatic heterocycles. The van der Waals surface area contributed by atoms with Crippen molar-refractivity contribution in [3.63, 3.8) is 0 Å². The van der Waals surface area contributed by atoms with Crippen LogP contribution in [0, 0.1) is 13.8 Å². The summed E-state index contributed by atoms with van der Waals surface area (Å²) in [4.78, 5) is 37.0. The number of amides is 1. The molecule has 0 fully saturated rings. The predicted octanol–water partition coefficient (Wildman–Crippen LogP) is 2.87. The number of nitrogens with one attached hydrogen (secondary N) is 1. The summed E-state index contributed by atoms with van der Waals surface area (Å²) in [5.74, 6) is -0.589. The SMILES string of the molecule is COc1cc(C(=O)NCC(=O)OCC(=O)c2cc(C)n(C(C)C)c2C)cc(OC)c1OC. The maximum Gasteiger partial charge on any atom is 0.325 e. The lowest BCUT2D eigenvalue weighted by Crippen LogP contribution is -2.31. The van der Waals surface area contributed by atoms with E-state index in [4.69, 9.17) is 18.9 Å². The van der Waals surface area contributed by atoms with E-state index in [1.165, 1.54) is 33.5 Å². The molecule has 0 aliphatic carbocycles. The number of hydrogen-bond acceptors (Lipinski definition) is 7. The Morgan fingerprint density at radius 3 is 2.03 bits per heavy atom. The van der Waals surface area contributed by atoms with E-state index in [2.05, 4.69) is 5.32 Å². The minimum Gasteiger partial charge on any atom is -0.493 e. The molecule has 9 nitrogen and oxygen atoms in total. The monoisotopic (exact) mass is 446 g/mol. The third-order valence-corrected chi connectivity index (χ3v) is 4.99. The Kier molecular flexibility index (Phi) is 8.28. The average Bonchev–Trinajstić information content (AvgIpc) is 3.08. The van der Waals surface area contributed by atoms with Crippen LogP contribution in [0.1, 0.15) is 52.0 Å². The first-order valence-electron chi connectivity index (χ1n) is 10.1. The summed E-state index contributed by atoms with van der Waals surface area (Å²) in [6, 6.07) is 4.94. The third-order valence-electron chi connectivity index (χ3n) is 4.99. The second-order valence-corrected chi connectivity index (χ2v) is 7.43. The Balaban J connectivity index is 1.97. The van der Waals surface area contributed by atoms with E-state index < -0.39 is 25.0 Å². The predicted molar refractivity (Wildman–Crippen MR) is 118 cm³/mol. The molecule has 174 valence electrons. The number of Topliss-reactive ketones (excluding diaryl/α,β-unsaturated/α-hetero) is 1. The van der Waals surface area contributed by atoms with Gasteiger partial charge in [0, 0.05) is 28.6 Å². The number of benzene rings is 1. The number of ether oxygens (including phenoxy) is 4. The molecule has 2 rings (SSSR count). The summed E-state index contributed by atoms with van der Waals surface area (Å²) in [6.07, 6.45) is 0. The highest BCUT2D eigenvalue weighted by molar-refractivity contribution is 6.00. The molecule has 32 heavy (non-hydrogen) atoms. The largest absolute Gasteiger partial charge is 0.493 e. The molecule has 0 spiro atoms. The molecule has 0 atom stereocenters. The molecule has 1 amide bonds. The van der Waals surface area contributed by atoms with Crippen LogP contribution < -0.4 is 19.5 Å². The molecule has 0 aliphatic rings. The smallest absolute Gasteiger partial charge is 0.325 e. The van der Waals surface area contributed by atoms with Crippen LogP contribution in [0.2, 0.25) is 0 Å². The highest BCUT2D eigenvalue weighted by Gasteiger charge is 2.20. The lowest BCUT2D eigenvalue weighted by molar-refractivity contribution is -0.141. The van der Waals surface area contributed by atoms with Gasteiger partial charge in [-0.15, -0.1) is 0 Å². The number of hydrogen-bond donors (Lipinski definition) is 1. The fourth-order valence-corrected chi connectivity index (χ4v) is 3.60. The zero-order valence-electron chi connectivity index (χ0n) is 19.5. The van der Waals surface area contributed by atoms with Gasteiger partial charge in [0.15, 0.2) is 18.1 Å². The van der Waals surface area contributed by atoms with Crippen LogP contribution >= 0.6 is 0 Å². The van der Waals surface area contributed by atoms with Crippen LogP contribution in [-0.2, 0) is 9.53 Å². The van der Waals surface area contributed by atoms with E-state index in [0.717, 1.165) is 11.4 Å². The van der Waals surface area contributed by atoms with Gasteiger partial charge < -0.3 is 28.8 Å². The number of nitrogens with zero attached hydrogens (tertiary/aromatic N) is 1. The molecule has 9 heteroatoms. The average molecular weight is 447 g/mol. The highest BCUT2D eigenvalue weighted by Crippen LogP contribution is 2.38. The van der Waals surface area contributed by atoms with Crippen LogP contribution in [-0.4, -0.2) is 56.7 Å². The van der Waals surface area contributed by atoms with Crippen molar-refractivity contribution in [1.29, 1.82) is 0 Å². The van der Waals surface area contributed by atoms with Crippen molar-refractivity contribution >= 4 is 17.7 Å². The Morgan fingerprint density at radius 2 is 1.56 bits per heavy atom. The molecular formula is C23H30N2O7. The number of carbonyl (C=O) groups is 3. The summed E-state index contributed by atoms with van der Waals surface area (Å²) in [7, 11) is 4.33.